The van der Waals surface area contributed by atoms with Gasteiger partial charge in [0.15, 0.2) is 0 Å². The molecule has 1 aromatic rings. The van der Waals surface area contributed by atoms with E-state index in [9.17, 15) is 5.11 Å². The zero-order valence-electron chi connectivity index (χ0n) is 11.5. The second-order valence-corrected chi connectivity index (χ2v) is 5.62. The van der Waals surface area contributed by atoms with E-state index < -0.39 is 5.60 Å². The number of aromatic nitrogens is 2. The van der Waals surface area contributed by atoms with Crippen molar-refractivity contribution in [1.82, 2.24) is 15.1 Å². The summed E-state index contributed by atoms with van der Waals surface area (Å²) in [4.78, 5) is 0. The Hall–Kier alpha value is -0.870. The van der Waals surface area contributed by atoms with Crippen molar-refractivity contribution in [2.45, 2.75) is 64.1 Å². The molecule has 1 saturated heterocycles. The maximum atomic E-state index is 10.6. The lowest BCUT2D eigenvalue weighted by atomic mass is 9.88. The van der Waals surface area contributed by atoms with Crippen molar-refractivity contribution in [3.63, 3.8) is 0 Å². The average Bonchev–Trinajstić information content (AvgIpc) is 2.80. The molecule has 2 unspecified atom stereocenters. The van der Waals surface area contributed by atoms with E-state index >= 15 is 0 Å². The lowest BCUT2D eigenvalue weighted by Crippen LogP contribution is -2.39. The van der Waals surface area contributed by atoms with Crippen molar-refractivity contribution >= 4 is 0 Å². The number of nitrogens with one attached hydrogen (secondary N) is 1. The Morgan fingerprint density at radius 1 is 1.56 bits per heavy atom. The minimum absolute atomic E-state index is 0.434. The highest BCUT2D eigenvalue weighted by atomic mass is 16.3. The summed E-state index contributed by atoms with van der Waals surface area (Å²) in [5, 5.41) is 18.4. The summed E-state index contributed by atoms with van der Waals surface area (Å²) in [5.74, 6) is 0. The molecule has 102 valence electrons. The molecule has 0 aromatic carbocycles. The Labute approximate surface area is 109 Å². The van der Waals surface area contributed by atoms with E-state index in [0.717, 1.165) is 31.5 Å². The summed E-state index contributed by atoms with van der Waals surface area (Å²) in [6.07, 6.45) is 9.30. The monoisotopic (exact) mass is 251 g/mol. The van der Waals surface area contributed by atoms with E-state index in [-0.39, 0.29) is 0 Å². The quantitative estimate of drug-likeness (QED) is 0.842. The van der Waals surface area contributed by atoms with Crippen LogP contribution in [0.3, 0.4) is 0 Å². The third-order valence-electron chi connectivity index (χ3n) is 3.76. The molecule has 0 amide bonds. The Morgan fingerprint density at radius 2 is 2.39 bits per heavy atom. The summed E-state index contributed by atoms with van der Waals surface area (Å²) in [6.45, 7) is 6.02. The van der Waals surface area contributed by atoms with Crippen LogP contribution in [-0.4, -0.2) is 27.5 Å². The van der Waals surface area contributed by atoms with Gasteiger partial charge in [0.05, 0.1) is 11.8 Å². The first kappa shape index (κ1) is 13.6. The van der Waals surface area contributed by atoms with Crippen LogP contribution in [0, 0.1) is 0 Å². The number of nitrogens with zero attached hydrogens (tertiary/aromatic N) is 2. The van der Waals surface area contributed by atoms with E-state index in [1.807, 2.05) is 17.8 Å². The van der Waals surface area contributed by atoms with E-state index in [1.54, 1.807) is 6.20 Å². The fraction of sp³-hybridized carbons (Fsp3) is 0.786. The molecule has 2 heterocycles. The van der Waals surface area contributed by atoms with Crippen LogP contribution in [0.2, 0.25) is 0 Å². The largest absolute Gasteiger partial charge is 0.385 e. The molecular formula is C14H25N3O. The van der Waals surface area contributed by atoms with Crippen LogP contribution in [0.1, 0.15) is 51.5 Å². The molecule has 1 aromatic heterocycles. The standard InChI is InChI=1S/C14H25N3O/c1-3-8-17-11-12(10-16-17)14(2,18)9-13-6-4-5-7-15-13/h10-11,13,15,18H,3-9H2,1-2H3. The summed E-state index contributed by atoms with van der Waals surface area (Å²) >= 11 is 0. The highest BCUT2D eigenvalue weighted by Crippen LogP contribution is 2.28. The second-order valence-electron chi connectivity index (χ2n) is 5.62. The van der Waals surface area contributed by atoms with E-state index in [1.165, 1.54) is 19.3 Å². The summed E-state index contributed by atoms with van der Waals surface area (Å²) in [7, 11) is 0. The van der Waals surface area contributed by atoms with Gasteiger partial charge in [-0.15, -0.1) is 0 Å². The lowest BCUT2D eigenvalue weighted by molar-refractivity contribution is 0.0331. The summed E-state index contributed by atoms with van der Waals surface area (Å²) in [6, 6.07) is 0.434. The maximum absolute atomic E-state index is 10.6. The molecule has 0 saturated carbocycles. The minimum atomic E-state index is -0.777. The van der Waals surface area contributed by atoms with Crippen molar-refractivity contribution in [2.75, 3.05) is 6.54 Å². The predicted octanol–water partition coefficient (Wildman–Crippen LogP) is 2.03. The fourth-order valence-corrected chi connectivity index (χ4v) is 2.69. The molecule has 1 aliphatic heterocycles. The molecule has 0 bridgehead atoms. The van der Waals surface area contributed by atoms with Gasteiger partial charge < -0.3 is 10.4 Å². The van der Waals surface area contributed by atoms with Gasteiger partial charge in [0.1, 0.15) is 0 Å². The predicted molar refractivity (Wildman–Crippen MR) is 72.3 cm³/mol. The topological polar surface area (TPSA) is 50.1 Å². The molecule has 0 radical (unpaired) electrons. The van der Waals surface area contributed by atoms with E-state index in [2.05, 4.69) is 17.3 Å². The van der Waals surface area contributed by atoms with Gasteiger partial charge in [-0.1, -0.05) is 13.3 Å². The summed E-state index contributed by atoms with van der Waals surface area (Å²) in [5.41, 5.74) is 0.157. The normalized spacial score (nSPS) is 23.8. The molecule has 18 heavy (non-hydrogen) atoms. The van der Waals surface area contributed by atoms with Crippen molar-refractivity contribution in [3.8, 4) is 0 Å². The van der Waals surface area contributed by atoms with Gasteiger partial charge >= 0.3 is 0 Å². The highest BCUT2D eigenvalue weighted by molar-refractivity contribution is 5.14. The van der Waals surface area contributed by atoms with E-state index in [0.29, 0.717) is 6.04 Å². The van der Waals surface area contributed by atoms with Crippen molar-refractivity contribution < 1.29 is 5.11 Å². The maximum Gasteiger partial charge on any atom is 0.0913 e. The zero-order valence-corrected chi connectivity index (χ0v) is 11.5. The molecule has 4 heteroatoms. The van der Waals surface area contributed by atoms with Crippen molar-refractivity contribution in [3.05, 3.63) is 18.0 Å². The lowest BCUT2D eigenvalue weighted by Gasteiger charge is -2.31. The molecule has 1 aliphatic rings. The zero-order chi connectivity index (χ0) is 13.0. The number of hydrogen-bond acceptors (Lipinski definition) is 3. The van der Waals surface area contributed by atoms with Crippen LogP contribution in [-0.2, 0) is 12.1 Å². The number of hydrogen-bond donors (Lipinski definition) is 2. The fourth-order valence-electron chi connectivity index (χ4n) is 2.69. The second kappa shape index (κ2) is 5.85. The number of aliphatic hydroxyl groups is 1. The smallest absolute Gasteiger partial charge is 0.0913 e. The Morgan fingerprint density at radius 3 is 3.06 bits per heavy atom. The van der Waals surface area contributed by atoms with Crippen LogP contribution < -0.4 is 5.32 Å². The van der Waals surface area contributed by atoms with Gasteiger partial charge in [-0.05, 0) is 39.2 Å². The first-order valence-electron chi connectivity index (χ1n) is 7.10. The molecule has 0 spiro atoms. The molecule has 4 nitrogen and oxygen atoms in total. The number of rotatable bonds is 5. The molecule has 2 rings (SSSR count). The first-order valence-corrected chi connectivity index (χ1v) is 7.10. The van der Waals surface area contributed by atoms with Gasteiger partial charge in [-0.25, -0.2) is 0 Å². The first-order chi connectivity index (χ1) is 8.62. The minimum Gasteiger partial charge on any atom is -0.385 e. The molecular weight excluding hydrogens is 226 g/mol. The number of piperidine rings is 1. The van der Waals surface area contributed by atoms with E-state index in [4.69, 9.17) is 0 Å². The average molecular weight is 251 g/mol. The molecule has 0 aliphatic carbocycles. The van der Waals surface area contributed by atoms with Crippen LogP contribution in [0.5, 0.6) is 0 Å². The van der Waals surface area contributed by atoms with Gasteiger partial charge in [-0.2, -0.15) is 5.10 Å². The number of aryl methyl sites for hydroxylation is 1. The third kappa shape index (κ3) is 3.33. The van der Waals surface area contributed by atoms with Crippen molar-refractivity contribution in [2.24, 2.45) is 0 Å². The molecule has 2 N–H and O–H groups in total. The van der Waals surface area contributed by atoms with Crippen LogP contribution in [0.25, 0.3) is 0 Å². The van der Waals surface area contributed by atoms with Gasteiger partial charge in [0, 0.05) is 24.3 Å². The Bertz CT molecular complexity index is 367. The molecule has 2 atom stereocenters. The van der Waals surface area contributed by atoms with Gasteiger partial charge in [0.25, 0.3) is 0 Å². The SMILES string of the molecule is CCCn1cc(C(C)(O)CC2CCCCN2)cn1. The van der Waals surface area contributed by atoms with Gasteiger partial charge in [0.2, 0.25) is 0 Å². The Balaban J connectivity index is 1.99. The van der Waals surface area contributed by atoms with Crippen LogP contribution in [0.15, 0.2) is 12.4 Å². The highest BCUT2D eigenvalue weighted by Gasteiger charge is 2.29. The van der Waals surface area contributed by atoms with Crippen LogP contribution >= 0.6 is 0 Å². The summed E-state index contributed by atoms with van der Waals surface area (Å²) < 4.78 is 1.91. The molecule has 1 fully saturated rings. The van der Waals surface area contributed by atoms with Gasteiger partial charge in [-0.3, -0.25) is 4.68 Å². The van der Waals surface area contributed by atoms with Crippen LogP contribution in [0.4, 0.5) is 0 Å². The Kier molecular flexibility index (Phi) is 4.40. The third-order valence-corrected chi connectivity index (χ3v) is 3.76. The van der Waals surface area contributed by atoms with Crippen molar-refractivity contribution in [1.29, 1.82) is 0 Å².